The standard InChI is InChI=1S/C9H19NO/c1-7(2)9(3)5-4-8(6-11)10-9/h7-8,10-11H,4-6H2,1-3H3. The van der Waals surface area contributed by atoms with Crippen molar-refractivity contribution in [2.75, 3.05) is 6.61 Å². The summed E-state index contributed by atoms with van der Waals surface area (Å²) in [4.78, 5) is 0. The first-order chi connectivity index (χ1) is 5.08. The molecule has 0 bridgehead atoms. The molecule has 2 N–H and O–H groups in total. The highest BCUT2D eigenvalue weighted by Gasteiger charge is 2.35. The first-order valence-corrected chi connectivity index (χ1v) is 4.47. The van der Waals surface area contributed by atoms with Gasteiger partial charge in [0, 0.05) is 11.6 Å². The van der Waals surface area contributed by atoms with Gasteiger partial charge in [-0.2, -0.15) is 0 Å². The lowest BCUT2D eigenvalue weighted by atomic mass is 9.87. The Morgan fingerprint density at radius 2 is 2.27 bits per heavy atom. The van der Waals surface area contributed by atoms with Gasteiger partial charge in [-0.3, -0.25) is 0 Å². The van der Waals surface area contributed by atoms with Gasteiger partial charge in [-0.1, -0.05) is 13.8 Å². The highest BCUT2D eigenvalue weighted by atomic mass is 16.3. The third-order valence-electron chi connectivity index (χ3n) is 3.04. The minimum Gasteiger partial charge on any atom is -0.395 e. The maximum atomic E-state index is 8.92. The molecule has 0 saturated carbocycles. The first kappa shape index (κ1) is 9.01. The Labute approximate surface area is 69.0 Å². The lowest BCUT2D eigenvalue weighted by Gasteiger charge is -2.30. The SMILES string of the molecule is CC(C)C1(C)CCC(CO)N1. The Morgan fingerprint density at radius 1 is 1.64 bits per heavy atom. The molecule has 0 spiro atoms. The van der Waals surface area contributed by atoms with E-state index in [1.165, 1.54) is 6.42 Å². The molecule has 1 rings (SSSR count). The molecule has 1 fully saturated rings. The molecule has 0 aromatic rings. The third kappa shape index (κ3) is 1.74. The van der Waals surface area contributed by atoms with Gasteiger partial charge in [-0.05, 0) is 25.7 Å². The van der Waals surface area contributed by atoms with E-state index in [9.17, 15) is 0 Å². The van der Waals surface area contributed by atoms with Gasteiger partial charge in [0.1, 0.15) is 0 Å². The predicted molar refractivity (Wildman–Crippen MR) is 46.5 cm³/mol. The Hall–Kier alpha value is -0.0800. The van der Waals surface area contributed by atoms with Crippen LogP contribution in [-0.4, -0.2) is 23.3 Å². The van der Waals surface area contributed by atoms with E-state index in [2.05, 4.69) is 26.1 Å². The van der Waals surface area contributed by atoms with Gasteiger partial charge in [-0.15, -0.1) is 0 Å². The molecule has 2 unspecified atom stereocenters. The van der Waals surface area contributed by atoms with Gasteiger partial charge in [0.15, 0.2) is 0 Å². The first-order valence-electron chi connectivity index (χ1n) is 4.47. The van der Waals surface area contributed by atoms with Gasteiger partial charge < -0.3 is 10.4 Å². The number of hydrogen-bond donors (Lipinski definition) is 2. The summed E-state index contributed by atoms with van der Waals surface area (Å²) in [5.74, 6) is 0.652. The molecular formula is C9H19NO. The number of aliphatic hydroxyl groups excluding tert-OH is 1. The lowest BCUT2D eigenvalue weighted by molar-refractivity contribution is 0.225. The van der Waals surface area contributed by atoms with Crippen molar-refractivity contribution in [3.8, 4) is 0 Å². The van der Waals surface area contributed by atoms with E-state index in [1.54, 1.807) is 0 Å². The monoisotopic (exact) mass is 157 g/mol. The van der Waals surface area contributed by atoms with Crippen LogP contribution in [0.2, 0.25) is 0 Å². The van der Waals surface area contributed by atoms with Crippen LogP contribution in [0.1, 0.15) is 33.6 Å². The number of rotatable bonds is 2. The van der Waals surface area contributed by atoms with Crippen molar-refractivity contribution < 1.29 is 5.11 Å². The quantitative estimate of drug-likeness (QED) is 0.630. The van der Waals surface area contributed by atoms with Crippen molar-refractivity contribution in [2.24, 2.45) is 5.92 Å². The van der Waals surface area contributed by atoms with Crippen molar-refractivity contribution in [1.29, 1.82) is 0 Å². The summed E-state index contributed by atoms with van der Waals surface area (Å²) in [6, 6.07) is 0.336. The molecule has 0 radical (unpaired) electrons. The Morgan fingerprint density at radius 3 is 2.55 bits per heavy atom. The zero-order chi connectivity index (χ0) is 8.48. The maximum Gasteiger partial charge on any atom is 0.0584 e. The highest BCUT2D eigenvalue weighted by Crippen LogP contribution is 2.29. The Balaban J connectivity index is 2.50. The normalized spacial score (nSPS) is 38.5. The zero-order valence-electron chi connectivity index (χ0n) is 7.72. The molecular weight excluding hydrogens is 138 g/mol. The van der Waals surface area contributed by atoms with Gasteiger partial charge in [0.05, 0.1) is 6.61 Å². The third-order valence-corrected chi connectivity index (χ3v) is 3.04. The largest absolute Gasteiger partial charge is 0.395 e. The van der Waals surface area contributed by atoms with E-state index in [1.807, 2.05) is 0 Å². The molecule has 66 valence electrons. The smallest absolute Gasteiger partial charge is 0.0584 e. The van der Waals surface area contributed by atoms with Gasteiger partial charge in [0.25, 0.3) is 0 Å². The molecule has 2 atom stereocenters. The van der Waals surface area contributed by atoms with E-state index in [4.69, 9.17) is 5.11 Å². The molecule has 0 amide bonds. The van der Waals surface area contributed by atoms with Crippen LogP contribution in [-0.2, 0) is 0 Å². The molecule has 0 aromatic carbocycles. The molecule has 1 aliphatic rings. The van der Waals surface area contributed by atoms with Crippen molar-refractivity contribution in [3.05, 3.63) is 0 Å². The second-order valence-electron chi connectivity index (χ2n) is 4.13. The molecule has 0 aromatic heterocycles. The van der Waals surface area contributed by atoms with Crippen molar-refractivity contribution in [1.82, 2.24) is 5.32 Å². The van der Waals surface area contributed by atoms with Gasteiger partial charge >= 0.3 is 0 Å². The minimum absolute atomic E-state index is 0.257. The number of hydrogen-bond acceptors (Lipinski definition) is 2. The van der Waals surface area contributed by atoms with Crippen LogP contribution in [0.3, 0.4) is 0 Å². The number of aliphatic hydroxyl groups is 1. The Bertz CT molecular complexity index is 136. The van der Waals surface area contributed by atoms with E-state index in [0.717, 1.165) is 6.42 Å². The minimum atomic E-state index is 0.257. The van der Waals surface area contributed by atoms with E-state index < -0.39 is 0 Å². The van der Waals surface area contributed by atoms with Crippen LogP contribution in [0.4, 0.5) is 0 Å². The maximum absolute atomic E-state index is 8.92. The summed E-state index contributed by atoms with van der Waals surface area (Å²) in [7, 11) is 0. The summed E-state index contributed by atoms with van der Waals surface area (Å²) in [5.41, 5.74) is 0.257. The second kappa shape index (κ2) is 3.11. The van der Waals surface area contributed by atoms with Crippen molar-refractivity contribution in [2.45, 2.75) is 45.2 Å². The van der Waals surface area contributed by atoms with Crippen molar-refractivity contribution in [3.63, 3.8) is 0 Å². The van der Waals surface area contributed by atoms with Crippen LogP contribution >= 0.6 is 0 Å². The molecule has 2 nitrogen and oxygen atoms in total. The summed E-state index contributed by atoms with van der Waals surface area (Å²) in [6.07, 6.45) is 2.31. The van der Waals surface area contributed by atoms with Crippen molar-refractivity contribution >= 4 is 0 Å². The zero-order valence-corrected chi connectivity index (χ0v) is 7.72. The van der Waals surface area contributed by atoms with Crippen LogP contribution in [0, 0.1) is 5.92 Å². The average molecular weight is 157 g/mol. The fraction of sp³-hybridized carbons (Fsp3) is 1.00. The Kier molecular flexibility index (Phi) is 2.55. The molecule has 2 heteroatoms. The van der Waals surface area contributed by atoms with Crippen LogP contribution < -0.4 is 5.32 Å². The van der Waals surface area contributed by atoms with E-state index >= 15 is 0 Å². The van der Waals surface area contributed by atoms with E-state index in [-0.39, 0.29) is 12.1 Å². The topological polar surface area (TPSA) is 32.3 Å². The molecule has 11 heavy (non-hydrogen) atoms. The van der Waals surface area contributed by atoms with Crippen LogP contribution in [0.5, 0.6) is 0 Å². The molecule has 1 heterocycles. The summed E-state index contributed by atoms with van der Waals surface area (Å²) in [5, 5.41) is 12.4. The molecule has 0 aliphatic carbocycles. The number of nitrogens with one attached hydrogen (secondary N) is 1. The van der Waals surface area contributed by atoms with Gasteiger partial charge in [0.2, 0.25) is 0 Å². The predicted octanol–water partition coefficient (Wildman–Crippen LogP) is 1.15. The van der Waals surface area contributed by atoms with Crippen LogP contribution in [0.15, 0.2) is 0 Å². The molecule has 1 aliphatic heterocycles. The van der Waals surface area contributed by atoms with E-state index in [0.29, 0.717) is 12.0 Å². The fourth-order valence-corrected chi connectivity index (χ4v) is 1.68. The lowest BCUT2D eigenvalue weighted by Crippen LogP contribution is -2.45. The highest BCUT2D eigenvalue weighted by molar-refractivity contribution is 4.95. The summed E-state index contributed by atoms with van der Waals surface area (Å²) < 4.78 is 0. The average Bonchev–Trinajstić information content (AvgIpc) is 2.33. The summed E-state index contributed by atoms with van der Waals surface area (Å²) in [6.45, 7) is 6.98. The molecule has 1 saturated heterocycles. The fourth-order valence-electron chi connectivity index (χ4n) is 1.68. The van der Waals surface area contributed by atoms with Crippen LogP contribution in [0.25, 0.3) is 0 Å². The second-order valence-corrected chi connectivity index (χ2v) is 4.13. The van der Waals surface area contributed by atoms with Gasteiger partial charge in [-0.25, -0.2) is 0 Å². The summed E-state index contributed by atoms with van der Waals surface area (Å²) >= 11 is 0.